The van der Waals surface area contributed by atoms with Crippen molar-refractivity contribution >= 4 is 28.5 Å². The molecule has 0 aliphatic rings. The molecule has 2 N–H and O–H groups in total. The molecule has 5 heteroatoms. The largest absolute Gasteiger partial charge is 0.466 e. The molecule has 2 rings (SSSR count). The summed E-state index contributed by atoms with van der Waals surface area (Å²) in [5, 5.41) is 3.66. The van der Waals surface area contributed by atoms with Gasteiger partial charge in [-0.2, -0.15) is 0 Å². The van der Waals surface area contributed by atoms with Gasteiger partial charge in [-0.05, 0) is 31.5 Å². The van der Waals surface area contributed by atoms with E-state index in [0.717, 1.165) is 22.2 Å². The predicted molar refractivity (Wildman–Crippen MR) is 77.7 cm³/mol. The number of anilines is 1. The maximum absolute atomic E-state index is 11.7. The lowest BCUT2D eigenvalue weighted by Crippen LogP contribution is -2.09. The molecule has 1 amide bonds. The lowest BCUT2D eigenvalue weighted by atomic mass is 10.1. The lowest BCUT2D eigenvalue weighted by molar-refractivity contribution is -0.142. The second kappa shape index (κ2) is 5.77. The average molecular weight is 274 g/mol. The Hall–Kier alpha value is -2.30. The molecule has 0 fully saturated rings. The molecule has 20 heavy (non-hydrogen) atoms. The highest BCUT2D eigenvalue weighted by atomic mass is 16.5. The van der Waals surface area contributed by atoms with Gasteiger partial charge in [0.1, 0.15) is 0 Å². The Balaban J connectivity index is 2.49. The van der Waals surface area contributed by atoms with E-state index >= 15 is 0 Å². The first kappa shape index (κ1) is 14.1. The molecule has 2 aromatic rings. The predicted octanol–water partition coefficient (Wildman–Crippen LogP) is 2.54. The molecule has 0 atom stereocenters. The molecule has 0 saturated heterocycles. The normalized spacial score (nSPS) is 10.6. The van der Waals surface area contributed by atoms with Gasteiger partial charge in [0.15, 0.2) is 0 Å². The zero-order valence-corrected chi connectivity index (χ0v) is 11.9. The number of hydrogen-bond donors (Lipinski definition) is 2. The number of carbonyl (C=O) groups is 2. The van der Waals surface area contributed by atoms with Crippen molar-refractivity contribution in [3.63, 3.8) is 0 Å². The molecular weight excluding hydrogens is 256 g/mol. The molecular formula is C15H18N2O3. The van der Waals surface area contributed by atoms with Gasteiger partial charge in [0, 0.05) is 23.5 Å². The van der Waals surface area contributed by atoms with E-state index < -0.39 is 0 Å². The van der Waals surface area contributed by atoms with E-state index in [1.807, 2.05) is 25.1 Å². The fourth-order valence-electron chi connectivity index (χ4n) is 2.32. The fraction of sp³-hybridized carbons (Fsp3) is 0.333. The van der Waals surface area contributed by atoms with Crippen molar-refractivity contribution in [2.24, 2.45) is 0 Å². The molecule has 1 heterocycles. The number of fused-ring (bicyclic) bond motifs is 1. The first-order chi connectivity index (χ1) is 9.52. The molecule has 0 saturated carbocycles. The Morgan fingerprint density at radius 3 is 2.75 bits per heavy atom. The van der Waals surface area contributed by atoms with Crippen LogP contribution in [-0.4, -0.2) is 23.5 Å². The minimum atomic E-state index is -0.269. The van der Waals surface area contributed by atoms with E-state index in [1.165, 1.54) is 6.92 Å². The van der Waals surface area contributed by atoms with Gasteiger partial charge in [0.05, 0.1) is 18.7 Å². The maximum Gasteiger partial charge on any atom is 0.310 e. The summed E-state index contributed by atoms with van der Waals surface area (Å²) < 4.78 is 5.00. The summed E-state index contributed by atoms with van der Waals surface area (Å²) in [5.41, 5.74) is 3.38. The Morgan fingerprint density at radius 1 is 1.35 bits per heavy atom. The van der Waals surface area contributed by atoms with Crippen molar-refractivity contribution in [2.75, 3.05) is 11.9 Å². The van der Waals surface area contributed by atoms with E-state index in [-0.39, 0.29) is 18.3 Å². The van der Waals surface area contributed by atoms with Gasteiger partial charge in [-0.1, -0.05) is 6.07 Å². The van der Waals surface area contributed by atoms with Crippen LogP contribution in [0.15, 0.2) is 18.2 Å². The van der Waals surface area contributed by atoms with Gasteiger partial charge in [0.25, 0.3) is 0 Å². The van der Waals surface area contributed by atoms with Gasteiger partial charge in [-0.15, -0.1) is 0 Å². The zero-order chi connectivity index (χ0) is 14.7. The number of amides is 1. The Bertz CT molecular complexity index is 658. The van der Waals surface area contributed by atoms with Crippen molar-refractivity contribution in [2.45, 2.75) is 27.2 Å². The number of aromatic amines is 1. The van der Waals surface area contributed by atoms with Gasteiger partial charge in [-0.3, -0.25) is 9.59 Å². The van der Waals surface area contributed by atoms with Gasteiger partial charge < -0.3 is 15.0 Å². The van der Waals surface area contributed by atoms with E-state index in [0.29, 0.717) is 12.3 Å². The lowest BCUT2D eigenvalue weighted by Gasteiger charge is -2.07. The summed E-state index contributed by atoms with van der Waals surface area (Å²) >= 11 is 0. The average Bonchev–Trinajstić information content (AvgIpc) is 2.66. The van der Waals surface area contributed by atoms with Crippen molar-refractivity contribution in [1.29, 1.82) is 0 Å². The SMILES string of the molecule is CCOC(=O)Cc1c(C)[nH]c2cccc(NC(C)=O)c12. The van der Waals surface area contributed by atoms with Crippen LogP contribution in [0.3, 0.4) is 0 Å². The van der Waals surface area contributed by atoms with Crippen LogP contribution in [0.4, 0.5) is 5.69 Å². The third kappa shape index (κ3) is 2.82. The van der Waals surface area contributed by atoms with E-state index in [9.17, 15) is 9.59 Å². The van der Waals surface area contributed by atoms with Gasteiger partial charge in [0.2, 0.25) is 5.91 Å². The summed E-state index contributed by atoms with van der Waals surface area (Å²) in [4.78, 5) is 26.2. The highest BCUT2D eigenvalue weighted by Gasteiger charge is 2.16. The second-order valence-electron chi connectivity index (χ2n) is 4.62. The van der Waals surface area contributed by atoms with E-state index in [4.69, 9.17) is 4.74 Å². The number of rotatable bonds is 4. The highest BCUT2D eigenvalue weighted by Crippen LogP contribution is 2.30. The van der Waals surface area contributed by atoms with Crippen LogP contribution in [0.1, 0.15) is 25.1 Å². The second-order valence-corrected chi connectivity index (χ2v) is 4.62. The minimum Gasteiger partial charge on any atom is -0.466 e. The number of ether oxygens (including phenoxy) is 1. The standard InChI is InChI=1S/C15H18N2O3/c1-4-20-14(19)8-11-9(2)16-12-6-5-7-13(15(11)12)17-10(3)18/h5-7,16H,4,8H2,1-3H3,(H,17,18). The van der Waals surface area contributed by atoms with E-state index in [2.05, 4.69) is 10.3 Å². The topological polar surface area (TPSA) is 71.2 Å². The summed E-state index contributed by atoms with van der Waals surface area (Å²) in [5.74, 6) is -0.410. The quantitative estimate of drug-likeness (QED) is 0.842. The monoisotopic (exact) mass is 274 g/mol. The maximum atomic E-state index is 11.7. The molecule has 0 spiro atoms. The number of hydrogen-bond acceptors (Lipinski definition) is 3. The Labute approximate surface area is 117 Å². The molecule has 106 valence electrons. The molecule has 1 aromatic carbocycles. The minimum absolute atomic E-state index is 0.140. The molecule has 5 nitrogen and oxygen atoms in total. The first-order valence-electron chi connectivity index (χ1n) is 6.56. The number of H-pyrrole nitrogens is 1. The zero-order valence-electron chi connectivity index (χ0n) is 11.9. The molecule has 0 unspecified atom stereocenters. The first-order valence-corrected chi connectivity index (χ1v) is 6.56. The van der Waals surface area contributed by atoms with Crippen LogP contribution in [0, 0.1) is 6.92 Å². The van der Waals surface area contributed by atoms with Crippen molar-refractivity contribution < 1.29 is 14.3 Å². The number of esters is 1. The number of aromatic nitrogens is 1. The Morgan fingerprint density at radius 2 is 2.10 bits per heavy atom. The summed E-state index contributed by atoms with van der Waals surface area (Å²) in [7, 11) is 0. The van der Waals surface area contributed by atoms with Crippen molar-refractivity contribution in [3.8, 4) is 0 Å². The summed E-state index contributed by atoms with van der Waals surface area (Å²) in [6.45, 7) is 5.51. The van der Waals surface area contributed by atoms with Gasteiger partial charge >= 0.3 is 5.97 Å². The van der Waals surface area contributed by atoms with Crippen LogP contribution in [0.5, 0.6) is 0 Å². The fourth-order valence-corrected chi connectivity index (χ4v) is 2.32. The van der Waals surface area contributed by atoms with E-state index in [1.54, 1.807) is 6.92 Å². The molecule has 0 radical (unpaired) electrons. The third-order valence-electron chi connectivity index (χ3n) is 3.08. The highest BCUT2D eigenvalue weighted by molar-refractivity contribution is 6.03. The third-order valence-corrected chi connectivity index (χ3v) is 3.08. The molecule has 1 aromatic heterocycles. The van der Waals surface area contributed by atoms with Gasteiger partial charge in [-0.25, -0.2) is 0 Å². The van der Waals surface area contributed by atoms with Crippen LogP contribution in [-0.2, 0) is 20.7 Å². The smallest absolute Gasteiger partial charge is 0.310 e. The van der Waals surface area contributed by atoms with Crippen LogP contribution < -0.4 is 5.32 Å². The van der Waals surface area contributed by atoms with Crippen LogP contribution in [0.2, 0.25) is 0 Å². The summed E-state index contributed by atoms with van der Waals surface area (Å²) in [6.07, 6.45) is 0.191. The number of nitrogens with one attached hydrogen (secondary N) is 2. The van der Waals surface area contributed by atoms with Crippen molar-refractivity contribution in [1.82, 2.24) is 4.98 Å². The molecule has 0 aliphatic carbocycles. The number of benzene rings is 1. The molecule has 0 bridgehead atoms. The van der Waals surface area contributed by atoms with Crippen LogP contribution in [0.25, 0.3) is 10.9 Å². The number of aryl methyl sites for hydroxylation is 1. The Kier molecular flexibility index (Phi) is 4.08. The summed E-state index contributed by atoms with van der Waals surface area (Å²) in [6, 6.07) is 5.60. The van der Waals surface area contributed by atoms with Crippen LogP contribution >= 0.6 is 0 Å². The van der Waals surface area contributed by atoms with Crippen molar-refractivity contribution in [3.05, 3.63) is 29.5 Å². The molecule has 0 aliphatic heterocycles. The number of carbonyl (C=O) groups excluding carboxylic acids is 2.